The van der Waals surface area contributed by atoms with Gasteiger partial charge >= 0.3 is 0 Å². The summed E-state index contributed by atoms with van der Waals surface area (Å²) >= 11 is 5.96. The first-order chi connectivity index (χ1) is 9.13. The summed E-state index contributed by atoms with van der Waals surface area (Å²) in [5, 5.41) is 21.9. The molecule has 2 nitrogen and oxygen atoms in total. The van der Waals surface area contributed by atoms with Crippen molar-refractivity contribution in [3.63, 3.8) is 0 Å². The molecule has 0 aliphatic heterocycles. The van der Waals surface area contributed by atoms with Gasteiger partial charge in [-0.25, -0.2) is 0 Å². The maximum Gasteiger partial charge on any atom is 0.123 e. The summed E-state index contributed by atoms with van der Waals surface area (Å²) in [6, 6.07) is 15.9. The molecule has 0 spiro atoms. The molecule has 0 heterocycles. The van der Waals surface area contributed by atoms with Crippen molar-refractivity contribution in [2.75, 3.05) is 0 Å². The fourth-order valence-corrected chi connectivity index (χ4v) is 2.31. The Labute approximate surface area is 115 Å². The molecule has 3 aromatic rings. The third-order valence-corrected chi connectivity index (χ3v) is 3.33. The van der Waals surface area contributed by atoms with Gasteiger partial charge in [0.1, 0.15) is 11.5 Å². The molecule has 0 unspecified atom stereocenters. The van der Waals surface area contributed by atoms with Crippen LogP contribution in [0.3, 0.4) is 0 Å². The quantitative estimate of drug-likeness (QED) is 0.680. The van der Waals surface area contributed by atoms with E-state index in [4.69, 9.17) is 11.6 Å². The van der Waals surface area contributed by atoms with Crippen LogP contribution in [0.15, 0.2) is 54.6 Å². The standard InChI is InChI=1S/C16H11ClO2/c17-13-4-6-16(19)15(9-13)11-2-1-10-3-5-14(18)8-12(10)7-11/h1-9,18-19H. The van der Waals surface area contributed by atoms with Gasteiger partial charge in [-0.2, -0.15) is 0 Å². The number of fused-ring (bicyclic) bond motifs is 1. The van der Waals surface area contributed by atoms with Crippen molar-refractivity contribution in [3.05, 3.63) is 59.6 Å². The number of phenolic OH excluding ortho intramolecular Hbond substituents is 2. The van der Waals surface area contributed by atoms with Crippen molar-refractivity contribution >= 4 is 22.4 Å². The zero-order valence-electron chi connectivity index (χ0n) is 9.97. The average Bonchev–Trinajstić information content (AvgIpc) is 2.40. The number of phenols is 2. The zero-order chi connectivity index (χ0) is 13.4. The number of rotatable bonds is 1. The minimum atomic E-state index is 0.184. The van der Waals surface area contributed by atoms with Crippen LogP contribution in [0.5, 0.6) is 11.5 Å². The Morgan fingerprint density at radius 2 is 1.53 bits per heavy atom. The molecule has 3 rings (SSSR count). The zero-order valence-corrected chi connectivity index (χ0v) is 10.7. The van der Waals surface area contributed by atoms with E-state index < -0.39 is 0 Å². The van der Waals surface area contributed by atoms with Crippen LogP contribution in [0, 0.1) is 0 Å². The molecule has 3 aromatic carbocycles. The summed E-state index contributed by atoms with van der Waals surface area (Å²) in [5.74, 6) is 0.406. The molecule has 0 atom stereocenters. The van der Waals surface area contributed by atoms with Gasteiger partial charge in [0.2, 0.25) is 0 Å². The first kappa shape index (κ1) is 11.9. The number of hydrogen-bond donors (Lipinski definition) is 2. The molecule has 0 aliphatic rings. The van der Waals surface area contributed by atoms with Crippen LogP contribution in [-0.2, 0) is 0 Å². The first-order valence-corrected chi connectivity index (χ1v) is 6.23. The molecule has 0 bridgehead atoms. The number of hydrogen-bond acceptors (Lipinski definition) is 2. The summed E-state index contributed by atoms with van der Waals surface area (Å²) in [5.41, 5.74) is 1.54. The second kappa shape index (κ2) is 4.48. The maximum atomic E-state index is 9.91. The number of benzene rings is 3. The molecule has 94 valence electrons. The van der Waals surface area contributed by atoms with Crippen molar-refractivity contribution in [2.24, 2.45) is 0 Å². The van der Waals surface area contributed by atoms with Gasteiger partial charge in [0.15, 0.2) is 0 Å². The van der Waals surface area contributed by atoms with E-state index in [9.17, 15) is 10.2 Å². The summed E-state index contributed by atoms with van der Waals surface area (Å²) in [6.45, 7) is 0. The Balaban J connectivity index is 2.22. The lowest BCUT2D eigenvalue weighted by Crippen LogP contribution is -1.81. The molecular weight excluding hydrogens is 260 g/mol. The Bertz CT molecular complexity index is 766. The maximum absolute atomic E-state index is 9.91. The van der Waals surface area contributed by atoms with Crippen LogP contribution in [0.1, 0.15) is 0 Å². The third-order valence-electron chi connectivity index (χ3n) is 3.09. The molecule has 0 radical (unpaired) electrons. The van der Waals surface area contributed by atoms with Gasteiger partial charge in [-0.1, -0.05) is 29.8 Å². The SMILES string of the molecule is Oc1ccc2ccc(-c3cc(Cl)ccc3O)cc2c1. The van der Waals surface area contributed by atoms with Crippen molar-refractivity contribution < 1.29 is 10.2 Å². The summed E-state index contributed by atoms with van der Waals surface area (Å²) in [7, 11) is 0. The summed E-state index contributed by atoms with van der Waals surface area (Å²) in [4.78, 5) is 0. The van der Waals surface area contributed by atoms with E-state index in [2.05, 4.69) is 0 Å². The molecule has 19 heavy (non-hydrogen) atoms. The lowest BCUT2D eigenvalue weighted by molar-refractivity contribution is 0.476. The molecule has 3 heteroatoms. The molecule has 0 saturated heterocycles. The van der Waals surface area contributed by atoms with E-state index in [0.717, 1.165) is 16.3 Å². The van der Waals surface area contributed by atoms with Crippen LogP contribution in [0.2, 0.25) is 5.02 Å². The first-order valence-electron chi connectivity index (χ1n) is 5.85. The molecule has 0 amide bonds. The lowest BCUT2D eigenvalue weighted by atomic mass is 10.0. The Kier molecular flexibility index (Phi) is 2.80. The molecule has 2 N–H and O–H groups in total. The highest BCUT2D eigenvalue weighted by atomic mass is 35.5. The van der Waals surface area contributed by atoms with E-state index >= 15 is 0 Å². The fraction of sp³-hybridized carbons (Fsp3) is 0. The number of halogens is 1. The van der Waals surface area contributed by atoms with Crippen LogP contribution < -0.4 is 0 Å². The third kappa shape index (κ3) is 2.23. The minimum Gasteiger partial charge on any atom is -0.508 e. The highest BCUT2D eigenvalue weighted by Gasteiger charge is 2.06. The van der Waals surface area contributed by atoms with Crippen molar-refractivity contribution in [1.29, 1.82) is 0 Å². The van der Waals surface area contributed by atoms with Crippen LogP contribution in [0.25, 0.3) is 21.9 Å². The van der Waals surface area contributed by atoms with Crippen molar-refractivity contribution in [2.45, 2.75) is 0 Å². The Morgan fingerprint density at radius 3 is 2.37 bits per heavy atom. The lowest BCUT2D eigenvalue weighted by Gasteiger charge is -2.07. The molecule has 0 saturated carbocycles. The topological polar surface area (TPSA) is 40.5 Å². The minimum absolute atomic E-state index is 0.184. The van der Waals surface area contributed by atoms with E-state index in [1.54, 1.807) is 30.3 Å². The van der Waals surface area contributed by atoms with Crippen LogP contribution in [0.4, 0.5) is 0 Å². The number of aromatic hydroxyl groups is 2. The molecule has 0 fully saturated rings. The van der Waals surface area contributed by atoms with Crippen molar-refractivity contribution in [1.82, 2.24) is 0 Å². The van der Waals surface area contributed by atoms with Gasteiger partial charge in [-0.15, -0.1) is 0 Å². The highest BCUT2D eigenvalue weighted by Crippen LogP contribution is 2.33. The predicted octanol–water partition coefficient (Wildman–Crippen LogP) is 4.57. The second-order valence-corrected chi connectivity index (χ2v) is 4.84. The van der Waals surface area contributed by atoms with E-state index in [0.29, 0.717) is 10.6 Å². The fourth-order valence-electron chi connectivity index (χ4n) is 2.14. The van der Waals surface area contributed by atoms with Crippen LogP contribution >= 0.6 is 11.6 Å². The molecule has 0 aromatic heterocycles. The Morgan fingerprint density at radius 1 is 0.737 bits per heavy atom. The van der Waals surface area contributed by atoms with Gasteiger partial charge in [-0.05, 0) is 52.7 Å². The van der Waals surface area contributed by atoms with E-state index in [1.165, 1.54) is 0 Å². The molecular formula is C16H11ClO2. The largest absolute Gasteiger partial charge is 0.508 e. The monoisotopic (exact) mass is 270 g/mol. The van der Waals surface area contributed by atoms with Gasteiger partial charge < -0.3 is 10.2 Å². The predicted molar refractivity (Wildman–Crippen MR) is 77.7 cm³/mol. The van der Waals surface area contributed by atoms with Gasteiger partial charge in [0.05, 0.1) is 0 Å². The smallest absolute Gasteiger partial charge is 0.123 e. The van der Waals surface area contributed by atoms with E-state index in [1.807, 2.05) is 24.3 Å². The summed E-state index contributed by atoms with van der Waals surface area (Å²) < 4.78 is 0. The van der Waals surface area contributed by atoms with Gasteiger partial charge in [0, 0.05) is 10.6 Å². The molecule has 0 aliphatic carbocycles. The van der Waals surface area contributed by atoms with Crippen molar-refractivity contribution in [3.8, 4) is 22.6 Å². The normalized spacial score (nSPS) is 10.8. The average molecular weight is 271 g/mol. The van der Waals surface area contributed by atoms with Crippen LogP contribution in [-0.4, -0.2) is 10.2 Å². The second-order valence-electron chi connectivity index (χ2n) is 4.41. The highest BCUT2D eigenvalue weighted by molar-refractivity contribution is 6.31. The van der Waals surface area contributed by atoms with E-state index in [-0.39, 0.29) is 11.5 Å². The van der Waals surface area contributed by atoms with Gasteiger partial charge in [-0.3, -0.25) is 0 Å². The Hall–Kier alpha value is -2.19. The van der Waals surface area contributed by atoms with Gasteiger partial charge in [0.25, 0.3) is 0 Å². The summed E-state index contributed by atoms with van der Waals surface area (Å²) in [6.07, 6.45) is 0.